The number of benzene rings is 1. The highest BCUT2D eigenvalue weighted by Gasteiger charge is 2.34. The van der Waals surface area contributed by atoms with Crippen LogP contribution in [0.5, 0.6) is 11.5 Å². The van der Waals surface area contributed by atoms with E-state index in [1.165, 1.54) is 23.3 Å². The van der Waals surface area contributed by atoms with Crippen LogP contribution in [0.3, 0.4) is 0 Å². The molecule has 1 fully saturated rings. The highest BCUT2D eigenvalue weighted by molar-refractivity contribution is 7.10. The number of rotatable bonds is 4. The van der Waals surface area contributed by atoms with Gasteiger partial charge in [0.25, 0.3) is 5.91 Å². The number of hydrogen-bond acceptors (Lipinski definition) is 4. The summed E-state index contributed by atoms with van der Waals surface area (Å²) in [6.07, 6.45) is 6.61. The molecule has 0 bridgehead atoms. The van der Waals surface area contributed by atoms with E-state index in [4.69, 9.17) is 9.47 Å². The predicted molar refractivity (Wildman–Crippen MR) is 104 cm³/mol. The Bertz CT molecular complexity index is 814. The molecule has 1 atom stereocenters. The molecule has 0 radical (unpaired) electrons. The summed E-state index contributed by atoms with van der Waals surface area (Å²) in [6.45, 7) is 0.809. The number of fused-ring (bicyclic) bond motifs is 1. The van der Waals surface area contributed by atoms with E-state index in [9.17, 15) is 4.79 Å². The standard InChI is InChI=1S/C21H25NO3S/c1-24-14-9-10-16(19(12-14)25-2)18-7-5-11-22(18)21(23)17-13-26-20-8-4-3-6-15(17)20/h9-10,12-13,18H,3-8,11H2,1-2H3/t18-/m1/s1. The summed E-state index contributed by atoms with van der Waals surface area (Å²) in [5.41, 5.74) is 3.31. The van der Waals surface area contributed by atoms with Crippen molar-refractivity contribution in [2.45, 2.75) is 44.6 Å². The fraction of sp³-hybridized carbons (Fsp3) is 0.476. The third-order valence-electron chi connectivity index (χ3n) is 5.61. The maximum Gasteiger partial charge on any atom is 0.255 e. The molecule has 2 aliphatic rings. The molecule has 0 saturated carbocycles. The average Bonchev–Trinajstić information content (AvgIpc) is 3.34. The van der Waals surface area contributed by atoms with E-state index in [-0.39, 0.29) is 11.9 Å². The number of ether oxygens (including phenoxy) is 2. The summed E-state index contributed by atoms with van der Waals surface area (Å²) in [5.74, 6) is 1.75. The molecular weight excluding hydrogens is 346 g/mol. The largest absolute Gasteiger partial charge is 0.497 e. The Hall–Kier alpha value is -2.01. The van der Waals surface area contributed by atoms with E-state index < -0.39 is 0 Å². The lowest BCUT2D eigenvalue weighted by atomic mass is 9.95. The minimum Gasteiger partial charge on any atom is -0.497 e. The molecule has 0 unspecified atom stereocenters. The Morgan fingerprint density at radius 3 is 2.81 bits per heavy atom. The van der Waals surface area contributed by atoms with Crippen molar-refractivity contribution in [1.82, 2.24) is 4.90 Å². The van der Waals surface area contributed by atoms with Gasteiger partial charge in [0.2, 0.25) is 0 Å². The van der Waals surface area contributed by atoms with Crippen LogP contribution in [0.4, 0.5) is 0 Å². The molecular formula is C21H25NO3S. The third kappa shape index (κ3) is 2.98. The van der Waals surface area contributed by atoms with Gasteiger partial charge in [-0.1, -0.05) is 0 Å². The molecule has 2 aromatic rings. The van der Waals surface area contributed by atoms with Crippen molar-refractivity contribution in [1.29, 1.82) is 0 Å². The Morgan fingerprint density at radius 1 is 1.15 bits per heavy atom. The maximum atomic E-state index is 13.4. The quantitative estimate of drug-likeness (QED) is 0.787. The van der Waals surface area contributed by atoms with Crippen LogP contribution in [0, 0.1) is 0 Å². The van der Waals surface area contributed by atoms with E-state index in [1.54, 1.807) is 25.6 Å². The van der Waals surface area contributed by atoms with Crippen LogP contribution in [0.25, 0.3) is 0 Å². The van der Waals surface area contributed by atoms with Gasteiger partial charge < -0.3 is 14.4 Å². The molecule has 1 aromatic heterocycles. The van der Waals surface area contributed by atoms with Crippen LogP contribution >= 0.6 is 11.3 Å². The number of amides is 1. The lowest BCUT2D eigenvalue weighted by Crippen LogP contribution is -2.31. The molecule has 1 aliphatic heterocycles. The average molecular weight is 372 g/mol. The van der Waals surface area contributed by atoms with E-state index in [0.29, 0.717) is 0 Å². The summed E-state index contributed by atoms with van der Waals surface area (Å²) in [5, 5.41) is 2.08. The first kappa shape index (κ1) is 17.4. The number of nitrogens with zero attached hydrogens (tertiary/aromatic N) is 1. The lowest BCUT2D eigenvalue weighted by Gasteiger charge is -2.27. The van der Waals surface area contributed by atoms with Gasteiger partial charge in [-0.25, -0.2) is 0 Å². The summed E-state index contributed by atoms with van der Waals surface area (Å²) in [6, 6.07) is 5.97. The fourth-order valence-electron chi connectivity index (χ4n) is 4.25. The fourth-order valence-corrected chi connectivity index (χ4v) is 5.37. The van der Waals surface area contributed by atoms with Crippen molar-refractivity contribution in [2.24, 2.45) is 0 Å². The van der Waals surface area contributed by atoms with Crippen LogP contribution in [0.15, 0.2) is 23.6 Å². The Morgan fingerprint density at radius 2 is 2.00 bits per heavy atom. The van der Waals surface area contributed by atoms with Gasteiger partial charge in [0.05, 0.1) is 25.8 Å². The third-order valence-corrected chi connectivity index (χ3v) is 6.69. The van der Waals surface area contributed by atoms with Gasteiger partial charge in [-0.2, -0.15) is 0 Å². The molecule has 1 aliphatic carbocycles. The number of carbonyl (C=O) groups excluding carboxylic acids is 1. The molecule has 2 heterocycles. The number of carbonyl (C=O) groups is 1. The molecule has 4 nitrogen and oxygen atoms in total. The van der Waals surface area contributed by atoms with Gasteiger partial charge >= 0.3 is 0 Å². The number of likely N-dealkylation sites (tertiary alicyclic amines) is 1. The number of thiophene rings is 1. The van der Waals surface area contributed by atoms with Crippen molar-refractivity contribution in [2.75, 3.05) is 20.8 Å². The van der Waals surface area contributed by atoms with E-state index in [0.717, 1.165) is 54.9 Å². The molecule has 4 rings (SSSR count). The van der Waals surface area contributed by atoms with Crippen LogP contribution in [0.2, 0.25) is 0 Å². The van der Waals surface area contributed by atoms with E-state index in [1.807, 2.05) is 23.1 Å². The van der Waals surface area contributed by atoms with Crippen molar-refractivity contribution >= 4 is 17.2 Å². The van der Waals surface area contributed by atoms with Crippen LogP contribution in [-0.4, -0.2) is 31.6 Å². The minimum atomic E-state index is 0.0718. The predicted octanol–water partition coefficient (Wildman–Crippen LogP) is 4.62. The summed E-state index contributed by atoms with van der Waals surface area (Å²) < 4.78 is 10.9. The molecule has 1 amide bonds. The van der Waals surface area contributed by atoms with Crippen molar-refractivity contribution < 1.29 is 14.3 Å². The van der Waals surface area contributed by atoms with Crippen molar-refractivity contribution in [3.05, 3.63) is 45.1 Å². The van der Waals surface area contributed by atoms with Crippen molar-refractivity contribution in [3.63, 3.8) is 0 Å². The minimum absolute atomic E-state index is 0.0718. The molecule has 0 N–H and O–H groups in total. The Kier molecular flexibility index (Phi) is 4.90. The summed E-state index contributed by atoms with van der Waals surface area (Å²) >= 11 is 1.76. The second kappa shape index (κ2) is 7.31. The SMILES string of the molecule is COc1ccc([C@H]2CCCN2C(=O)c2csc3c2CCCC3)c(OC)c1. The summed E-state index contributed by atoms with van der Waals surface area (Å²) in [4.78, 5) is 16.8. The zero-order valence-electron chi connectivity index (χ0n) is 15.4. The van der Waals surface area contributed by atoms with Crippen LogP contribution in [0.1, 0.15) is 58.1 Å². The highest BCUT2D eigenvalue weighted by Crippen LogP contribution is 2.40. The highest BCUT2D eigenvalue weighted by atomic mass is 32.1. The second-order valence-corrected chi connectivity index (χ2v) is 7.99. The second-order valence-electron chi connectivity index (χ2n) is 7.02. The molecule has 5 heteroatoms. The van der Waals surface area contributed by atoms with Gasteiger partial charge in [-0.15, -0.1) is 11.3 Å². The van der Waals surface area contributed by atoms with Gasteiger partial charge in [-0.3, -0.25) is 4.79 Å². The molecule has 26 heavy (non-hydrogen) atoms. The first-order valence-corrected chi connectivity index (χ1v) is 10.2. The normalized spacial score (nSPS) is 19.3. The number of methoxy groups -OCH3 is 2. The van der Waals surface area contributed by atoms with Crippen LogP contribution < -0.4 is 9.47 Å². The summed E-state index contributed by atoms with van der Waals surface area (Å²) in [7, 11) is 3.33. The zero-order chi connectivity index (χ0) is 18.1. The van der Waals surface area contributed by atoms with Gasteiger partial charge in [0.1, 0.15) is 11.5 Å². The van der Waals surface area contributed by atoms with Gasteiger partial charge in [0.15, 0.2) is 0 Å². The topological polar surface area (TPSA) is 38.8 Å². The molecule has 1 aromatic carbocycles. The smallest absolute Gasteiger partial charge is 0.255 e. The van der Waals surface area contributed by atoms with E-state index >= 15 is 0 Å². The van der Waals surface area contributed by atoms with Crippen molar-refractivity contribution in [3.8, 4) is 11.5 Å². The molecule has 0 spiro atoms. The molecule has 1 saturated heterocycles. The van der Waals surface area contributed by atoms with E-state index in [2.05, 4.69) is 5.38 Å². The molecule has 138 valence electrons. The first-order valence-electron chi connectivity index (χ1n) is 9.35. The van der Waals surface area contributed by atoms with Gasteiger partial charge in [0, 0.05) is 28.4 Å². The first-order chi connectivity index (χ1) is 12.7. The van der Waals surface area contributed by atoms with Crippen LogP contribution in [-0.2, 0) is 12.8 Å². The lowest BCUT2D eigenvalue weighted by molar-refractivity contribution is 0.0733. The maximum absolute atomic E-state index is 13.4. The Balaban J connectivity index is 1.65. The number of aryl methyl sites for hydroxylation is 1. The zero-order valence-corrected chi connectivity index (χ0v) is 16.2. The van der Waals surface area contributed by atoms with Gasteiger partial charge in [-0.05, 0) is 56.2 Å². The monoisotopic (exact) mass is 371 g/mol. The number of hydrogen-bond donors (Lipinski definition) is 0. The Labute approximate surface area is 158 Å².